The van der Waals surface area contributed by atoms with Crippen molar-refractivity contribution in [2.45, 2.75) is 77.0 Å². The molecule has 0 rings (SSSR count). The fourth-order valence-electron chi connectivity index (χ4n) is 1.74. The Labute approximate surface area is 153 Å². The summed E-state index contributed by atoms with van der Waals surface area (Å²) in [6, 6.07) is 0. The van der Waals surface area contributed by atoms with E-state index in [4.69, 9.17) is 0 Å². The van der Waals surface area contributed by atoms with Crippen LogP contribution in [0.2, 0.25) is 0 Å². The van der Waals surface area contributed by atoms with Crippen LogP contribution in [0.1, 0.15) is 77.0 Å². The third-order valence-electron chi connectivity index (χ3n) is 3.21. The van der Waals surface area contributed by atoms with Crippen LogP contribution in [-0.2, 0) is 0 Å². The van der Waals surface area contributed by atoms with E-state index in [1.807, 2.05) is 36.5 Å². The quantitative estimate of drug-likeness (QED) is 0.208. The van der Waals surface area contributed by atoms with E-state index >= 15 is 0 Å². The van der Waals surface area contributed by atoms with Gasteiger partial charge in [0.05, 0.1) is 0 Å². The smallest absolute Gasteiger partial charge is 0.0319 e. The van der Waals surface area contributed by atoms with Gasteiger partial charge in [-0.3, -0.25) is 0 Å². The second-order valence-corrected chi connectivity index (χ2v) is 5.59. The largest absolute Gasteiger partial charge is 0.103 e. The van der Waals surface area contributed by atoms with Gasteiger partial charge in [0, 0.05) is 0 Å². The van der Waals surface area contributed by atoms with Crippen LogP contribution in [0.25, 0.3) is 0 Å². The van der Waals surface area contributed by atoms with Crippen molar-refractivity contribution in [3.8, 4) is 0 Å². The number of unbranched alkanes of at least 4 members (excludes halogenated alkanes) is 9. The maximum absolute atomic E-state index is 3.68. The number of rotatable bonds is 15. The maximum Gasteiger partial charge on any atom is -0.0319 e. The van der Waals surface area contributed by atoms with E-state index in [9.17, 15) is 0 Å². The first-order chi connectivity index (χ1) is 11.7. The molecule has 0 radical (unpaired) electrons. The van der Waals surface area contributed by atoms with E-state index < -0.39 is 0 Å². The van der Waals surface area contributed by atoms with Crippen molar-refractivity contribution in [1.29, 1.82) is 0 Å². The van der Waals surface area contributed by atoms with E-state index in [1.165, 1.54) is 51.4 Å². The highest BCUT2D eigenvalue weighted by Gasteiger charge is 1.85. The highest BCUT2D eigenvalue weighted by molar-refractivity contribution is 4.74. The number of allylic oxidation sites excluding steroid dienone is 6. The van der Waals surface area contributed by atoms with Crippen molar-refractivity contribution < 1.29 is 0 Å². The number of hydrogen-bond donors (Lipinski definition) is 0. The van der Waals surface area contributed by atoms with Gasteiger partial charge in [0.15, 0.2) is 0 Å². The van der Waals surface area contributed by atoms with Crippen LogP contribution in [0.15, 0.2) is 75.9 Å². The second-order valence-electron chi connectivity index (χ2n) is 5.59. The van der Waals surface area contributed by atoms with Crippen LogP contribution in [0.5, 0.6) is 0 Å². The van der Waals surface area contributed by atoms with E-state index in [0.717, 1.165) is 25.7 Å². The molecular weight excluding hydrogens is 288 g/mol. The molecule has 0 bridgehead atoms. The zero-order chi connectivity index (χ0) is 18.7. The molecule has 0 heterocycles. The van der Waals surface area contributed by atoms with Crippen molar-refractivity contribution in [2.75, 3.05) is 0 Å². The molecule has 0 amide bonds. The van der Waals surface area contributed by atoms with Gasteiger partial charge in [0.25, 0.3) is 0 Å². The normalized spacial score (nSPS) is 8.50. The lowest BCUT2D eigenvalue weighted by Gasteiger charge is -1.95. The molecule has 0 aliphatic heterocycles. The fourth-order valence-corrected chi connectivity index (χ4v) is 1.74. The Balaban J connectivity index is -0.000000285. The van der Waals surface area contributed by atoms with Crippen LogP contribution in [0.3, 0.4) is 0 Å². The van der Waals surface area contributed by atoms with Gasteiger partial charge in [-0.15, -0.1) is 39.5 Å². The Morgan fingerprint density at radius 1 is 0.292 bits per heavy atom. The summed E-state index contributed by atoms with van der Waals surface area (Å²) in [6.45, 7) is 21.7. The lowest BCUT2D eigenvalue weighted by Crippen LogP contribution is -1.75. The molecular formula is C24H42. The molecule has 0 heteroatoms. The fraction of sp³-hybridized carbons (Fsp3) is 0.500. The van der Waals surface area contributed by atoms with Crippen LogP contribution in [0, 0.1) is 0 Å². The van der Waals surface area contributed by atoms with Crippen LogP contribution in [0.4, 0.5) is 0 Å². The Kier molecular flexibility index (Phi) is 37.7. The summed E-state index contributed by atoms with van der Waals surface area (Å²) < 4.78 is 0. The topological polar surface area (TPSA) is 0 Å². The minimum absolute atomic E-state index is 1.06. The Bertz CT molecular complexity index is 252. The standard InChI is InChI=1S/C10H18.C8H14.C6H10/c1-3-5-7-9-10-8-6-4-2;1-3-5-7-8-6-4-2;1-3-5-6-4-2/h3-4H,1-2,5-10H2;3-4H,1-2,5-8H2;3-4H,1-2,5-6H2. The zero-order valence-electron chi connectivity index (χ0n) is 16.2. The molecule has 0 aliphatic carbocycles. The Morgan fingerprint density at radius 2 is 0.500 bits per heavy atom. The molecule has 24 heavy (non-hydrogen) atoms. The summed E-state index contributed by atoms with van der Waals surface area (Å²) in [5, 5.41) is 0. The average Bonchev–Trinajstić information content (AvgIpc) is 2.61. The van der Waals surface area contributed by atoms with E-state index in [2.05, 4.69) is 39.5 Å². The van der Waals surface area contributed by atoms with Gasteiger partial charge in [0.2, 0.25) is 0 Å². The van der Waals surface area contributed by atoms with Gasteiger partial charge >= 0.3 is 0 Å². The molecule has 0 saturated heterocycles. The molecule has 0 fully saturated rings. The first kappa shape index (κ1) is 27.3. The SMILES string of the molecule is C=CCCC=C.C=CCCCCC=C.C=CCCCCCCC=C. The molecule has 0 spiro atoms. The summed E-state index contributed by atoms with van der Waals surface area (Å²) in [5.41, 5.74) is 0. The van der Waals surface area contributed by atoms with E-state index in [1.54, 1.807) is 0 Å². The van der Waals surface area contributed by atoms with Crippen LogP contribution >= 0.6 is 0 Å². The molecule has 0 nitrogen and oxygen atoms in total. The van der Waals surface area contributed by atoms with Crippen molar-refractivity contribution >= 4 is 0 Å². The molecule has 0 N–H and O–H groups in total. The van der Waals surface area contributed by atoms with Gasteiger partial charge in [-0.05, 0) is 64.2 Å². The van der Waals surface area contributed by atoms with Gasteiger partial charge in [-0.2, -0.15) is 0 Å². The first-order valence-corrected chi connectivity index (χ1v) is 9.40. The average molecular weight is 331 g/mol. The Morgan fingerprint density at radius 3 is 0.708 bits per heavy atom. The second kappa shape index (κ2) is 33.1. The summed E-state index contributed by atoms with van der Waals surface area (Å²) in [5.74, 6) is 0. The minimum Gasteiger partial charge on any atom is -0.103 e. The molecule has 0 unspecified atom stereocenters. The summed E-state index contributed by atoms with van der Waals surface area (Å²) in [6.07, 6.45) is 26.3. The van der Waals surface area contributed by atoms with Gasteiger partial charge in [-0.1, -0.05) is 49.3 Å². The molecule has 0 atom stereocenters. The highest BCUT2D eigenvalue weighted by atomic mass is 13.9. The van der Waals surface area contributed by atoms with E-state index in [0.29, 0.717) is 0 Å². The zero-order valence-corrected chi connectivity index (χ0v) is 16.2. The molecule has 0 aromatic heterocycles. The minimum atomic E-state index is 1.06. The predicted octanol–water partition coefficient (Wildman–Crippen LogP) is 8.76. The summed E-state index contributed by atoms with van der Waals surface area (Å²) >= 11 is 0. The monoisotopic (exact) mass is 330 g/mol. The van der Waals surface area contributed by atoms with Crippen molar-refractivity contribution in [3.63, 3.8) is 0 Å². The van der Waals surface area contributed by atoms with Gasteiger partial charge < -0.3 is 0 Å². The summed E-state index contributed by atoms with van der Waals surface area (Å²) in [7, 11) is 0. The van der Waals surface area contributed by atoms with Crippen molar-refractivity contribution in [1.82, 2.24) is 0 Å². The molecule has 0 aromatic carbocycles. The van der Waals surface area contributed by atoms with Crippen molar-refractivity contribution in [2.24, 2.45) is 0 Å². The van der Waals surface area contributed by atoms with Gasteiger partial charge in [0.1, 0.15) is 0 Å². The third kappa shape index (κ3) is 42.8. The Hall–Kier alpha value is -1.56. The van der Waals surface area contributed by atoms with Crippen LogP contribution < -0.4 is 0 Å². The lowest BCUT2D eigenvalue weighted by molar-refractivity contribution is 0.653. The molecule has 0 aliphatic rings. The first-order valence-electron chi connectivity index (χ1n) is 9.40. The van der Waals surface area contributed by atoms with E-state index in [-0.39, 0.29) is 0 Å². The lowest BCUT2D eigenvalue weighted by atomic mass is 10.1. The van der Waals surface area contributed by atoms with Crippen molar-refractivity contribution in [3.05, 3.63) is 75.9 Å². The van der Waals surface area contributed by atoms with Gasteiger partial charge in [-0.25, -0.2) is 0 Å². The molecule has 0 saturated carbocycles. The number of hydrogen-bond acceptors (Lipinski definition) is 0. The third-order valence-corrected chi connectivity index (χ3v) is 3.21. The highest BCUT2D eigenvalue weighted by Crippen LogP contribution is 2.05. The maximum atomic E-state index is 3.68. The predicted molar refractivity (Wildman–Crippen MR) is 117 cm³/mol. The molecule has 138 valence electrons. The molecule has 0 aromatic rings. The van der Waals surface area contributed by atoms with Crippen LogP contribution in [-0.4, -0.2) is 0 Å². The summed E-state index contributed by atoms with van der Waals surface area (Å²) in [4.78, 5) is 0.